The predicted molar refractivity (Wildman–Crippen MR) is 159 cm³/mol. The van der Waals surface area contributed by atoms with Gasteiger partial charge < -0.3 is 34.3 Å². The van der Waals surface area contributed by atoms with Gasteiger partial charge in [-0.2, -0.15) is 0 Å². The number of amides is 2. The number of pyridine rings is 1. The fourth-order valence-electron chi connectivity index (χ4n) is 3.70. The van der Waals surface area contributed by atoms with Gasteiger partial charge in [-0.15, -0.1) is 0 Å². The highest BCUT2D eigenvalue weighted by Gasteiger charge is 2.23. The predicted octanol–water partition coefficient (Wildman–Crippen LogP) is 4.38. The van der Waals surface area contributed by atoms with Crippen molar-refractivity contribution in [3.05, 3.63) is 47.7 Å². The molecule has 0 bridgehead atoms. The maximum absolute atomic E-state index is 12.2. The Morgan fingerprint density at radius 2 is 1.67 bits per heavy atom. The molecule has 0 saturated carbocycles. The average Bonchev–Trinajstić information content (AvgIpc) is 2.93. The van der Waals surface area contributed by atoms with Crippen LogP contribution in [0.25, 0.3) is 0 Å². The summed E-state index contributed by atoms with van der Waals surface area (Å²) < 4.78 is 26.7. The lowest BCUT2D eigenvalue weighted by molar-refractivity contribution is -0.155. The summed E-state index contributed by atoms with van der Waals surface area (Å²) in [5, 5.41) is 5.21. The summed E-state index contributed by atoms with van der Waals surface area (Å²) in [5.41, 5.74) is 0.875. The molecule has 1 heterocycles. The van der Waals surface area contributed by atoms with Crippen LogP contribution in [0.1, 0.15) is 65.1 Å². The van der Waals surface area contributed by atoms with Crippen LogP contribution in [0.15, 0.2) is 36.4 Å². The van der Waals surface area contributed by atoms with E-state index < -0.39 is 23.7 Å². The van der Waals surface area contributed by atoms with Gasteiger partial charge in [0.2, 0.25) is 5.91 Å². The SMILES string of the molecule is CCCCOC(=O)NC(Cc1ccc(OCCc2ccc(OCCC(=O)OC(C)(C)C)c(NC(C)=O)n2)cc1)C(=O)OC. The van der Waals surface area contributed by atoms with Gasteiger partial charge in [-0.1, -0.05) is 25.5 Å². The molecule has 0 saturated heterocycles. The molecule has 43 heavy (non-hydrogen) atoms. The van der Waals surface area contributed by atoms with Gasteiger partial charge in [-0.25, -0.2) is 14.6 Å². The van der Waals surface area contributed by atoms with Crippen molar-refractivity contribution in [1.29, 1.82) is 0 Å². The molecule has 1 unspecified atom stereocenters. The molecule has 0 fully saturated rings. The van der Waals surface area contributed by atoms with Crippen molar-refractivity contribution in [1.82, 2.24) is 10.3 Å². The second-order valence-electron chi connectivity index (χ2n) is 10.7. The van der Waals surface area contributed by atoms with Crippen molar-refractivity contribution in [2.75, 3.05) is 32.2 Å². The van der Waals surface area contributed by atoms with Crippen LogP contribution in [0.4, 0.5) is 10.6 Å². The molecule has 1 aromatic heterocycles. The van der Waals surface area contributed by atoms with Crippen LogP contribution in [0, 0.1) is 0 Å². The quantitative estimate of drug-likeness (QED) is 0.161. The van der Waals surface area contributed by atoms with Crippen molar-refractivity contribution in [2.45, 2.75) is 78.4 Å². The average molecular weight is 602 g/mol. The maximum atomic E-state index is 12.2. The molecule has 0 aliphatic heterocycles. The third kappa shape index (κ3) is 13.9. The highest BCUT2D eigenvalue weighted by Crippen LogP contribution is 2.23. The van der Waals surface area contributed by atoms with Gasteiger partial charge in [0.15, 0.2) is 11.6 Å². The maximum Gasteiger partial charge on any atom is 0.407 e. The van der Waals surface area contributed by atoms with Crippen LogP contribution in [-0.2, 0) is 41.4 Å². The Bertz CT molecular complexity index is 1210. The minimum Gasteiger partial charge on any atom is -0.493 e. The first-order valence-corrected chi connectivity index (χ1v) is 14.2. The molecule has 2 aromatic rings. The van der Waals surface area contributed by atoms with E-state index in [1.807, 2.05) is 6.92 Å². The van der Waals surface area contributed by atoms with Crippen molar-refractivity contribution in [3.8, 4) is 11.5 Å². The second kappa shape index (κ2) is 17.6. The van der Waals surface area contributed by atoms with Crippen molar-refractivity contribution in [2.24, 2.45) is 0 Å². The van der Waals surface area contributed by atoms with Crippen molar-refractivity contribution < 1.29 is 42.9 Å². The lowest BCUT2D eigenvalue weighted by Gasteiger charge is -2.19. The van der Waals surface area contributed by atoms with E-state index in [9.17, 15) is 19.2 Å². The largest absolute Gasteiger partial charge is 0.493 e. The summed E-state index contributed by atoms with van der Waals surface area (Å²) in [6.45, 7) is 9.38. The molecule has 236 valence electrons. The minimum absolute atomic E-state index is 0.0522. The van der Waals surface area contributed by atoms with Crippen LogP contribution in [0.5, 0.6) is 11.5 Å². The Morgan fingerprint density at radius 1 is 0.953 bits per heavy atom. The topological polar surface area (TPSA) is 151 Å². The molecular weight excluding hydrogens is 558 g/mol. The van der Waals surface area contributed by atoms with E-state index in [2.05, 4.69) is 15.6 Å². The molecule has 2 rings (SSSR count). The number of esters is 2. The number of nitrogens with one attached hydrogen (secondary N) is 2. The monoisotopic (exact) mass is 601 g/mol. The van der Waals surface area contributed by atoms with E-state index in [4.69, 9.17) is 23.7 Å². The van der Waals surface area contributed by atoms with Crippen LogP contribution < -0.4 is 20.1 Å². The summed E-state index contributed by atoms with van der Waals surface area (Å²) >= 11 is 0. The van der Waals surface area contributed by atoms with Crippen LogP contribution in [0.2, 0.25) is 0 Å². The number of unbranched alkanes of at least 4 members (excludes halogenated alkanes) is 1. The zero-order valence-electron chi connectivity index (χ0n) is 25.8. The van der Waals surface area contributed by atoms with E-state index in [0.717, 1.165) is 18.4 Å². The van der Waals surface area contributed by atoms with E-state index in [1.54, 1.807) is 57.2 Å². The van der Waals surface area contributed by atoms with Gasteiger partial charge in [0.1, 0.15) is 17.4 Å². The summed E-state index contributed by atoms with van der Waals surface area (Å²) in [6, 6.07) is 9.68. The normalized spacial score (nSPS) is 11.6. The first-order chi connectivity index (χ1) is 20.4. The third-order valence-electron chi connectivity index (χ3n) is 5.69. The molecule has 12 nitrogen and oxygen atoms in total. The number of carbonyl (C=O) groups is 4. The number of benzene rings is 1. The van der Waals surface area contributed by atoms with Gasteiger partial charge in [-0.05, 0) is 57.0 Å². The van der Waals surface area contributed by atoms with Crippen molar-refractivity contribution in [3.63, 3.8) is 0 Å². The Kier molecular flexibility index (Phi) is 14.2. The van der Waals surface area contributed by atoms with E-state index in [0.29, 0.717) is 30.2 Å². The number of hydrogen-bond donors (Lipinski definition) is 2. The van der Waals surface area contributed by atoms with Crippen LogP contribution in [0.3, 0.4) is 0 Å². The molecule has 0 radical (unpaired) electrons. The number of rotatable bonds is 16. The number of methoxy groups -OCH3 is 1. The fraction of sp³-hybridized carbons (Fsp3) is 0.516. The molecule has 1 atom stereocenters. The van der Waals surface area contributed by atoms with E-state index >= 15 is 0 Å². The van der Waals surface area contributed by atoms with Gasteiger partial charge >= 0.3 is 18.0 Å². The third-order valence-corrected chi connectivity index (χ3v) is 5.69. The molecule has 0 spiro atoms. The van der Waals surface area contributed by atoms with Crippen LogP contribution >= 0.6 is 0 Å². The van der Waals surface area contributed by atoms with Crippen molar-refractivity contribution >= 4 is 29.8 Å². The summed E-state index contributed by atoms with van der Waals surface area (Å²) in [5.74, 6) is -0.0656. The fourth-order valence-corrected chi connectivity index (χ4v) is 3.70. The second-order valence-corrected chi connectivity index (χ2v) is 10.7. The highest BCUT2D eigenvalue weighted by molar-refractivity contribution is 5.89. The lowest BCUT2D eigenvalue weighted by atomic mass is 10.1. The number of hydrogen-bond acceptors (Lipinski definition) is 10. The Balaban J connectivity index is 1.92. The summed E-state index contributed by atoms with van der Waals surface area (Å²) in [4.78, 5) is 52.3. The number of ether oxygens (including phenoxy) is 5. The molecule has 2 N–H and O–H groups in total. The lowest BCUT2D eigenvalue weighted by Crippen LogP contribution is -2.43. The first-order valence-electron chi connectivity index (χ1n) is 14.2. The molecule has 0 aliphatic carbocycles. The van der Waals surface area contributed by atoms with Crippen LogP contribution in [-0.4, -0.2) is 67.5 Å². The number of carbonyl (C=O) groups excluding carboxylic acids is 4. The van der Waals surface area contributed by atoms with Gasteiger partial charge in [0.05, 0.1) is 33.4 Å². The zero-order chi connectivity index (χ0) is 31.8. The minimum atomic E-state index is -0.890. The number of alkyl carbamates (subject to hydrolysis) is 1. The standard InChI is InChI=1S/C31H43N3O9/c1-7-8-17-42-30(38)34-25(29(37)39-6)20-22-9-12-24(13-10-22)40-18-15-23-11-14-26(28(33-23)32-21(2)35)41-19-16-27(36)43-31(3,4)5/h9-14,25H,7-8,15-20H2,1-6H3,(H,34,38)(H,32,33,35). The number of nitrogens with zero attached hydrogens (tertiary/aromatic N) is 1. The first kappa shape index (κ1) is 34.8. The van der Waals surface area contributed by atoms with E-state index in [-0.39, 0.29) is 43.7 Å². The smallest absolute Gasteiger partial charge is 0.407 e. The van der Waals surface area contributed by atoms with E-state index in [1.165, 1.54) is 14.0 Å². The molecule has 12 heteroatoms. The number of aromatic nitrogens is 1. The highest BCUT2D eigenvalue weighted by atomic mass is 16.6. The zero-order valence-corrected chi connectivity index (χ0v) is 25.8. The summed E-state index contributed by atoms with van der Waals surface area (Å²) in [7, 11) is 1.26. The van der Waals surface area contributed by atoms with Gasteiger partial charge in [-0.3, -0.25) is 9.59 Å². The molecule has 2 amide bonds. The molecule has 1 aromatic carbocycles. The molecule has 0 aliphatic rings. The van der Waals surface area contributed by atoms with Gasteiger partial charge in [0, 0.05) is 25.5 Å². The van der Waals surface area contributed by atoms with Gasteiger partial charge in [0.25, 0.3) is 0 Å². The summed E-state index contributed by atoms with van der Waals surface area (Å²) in [6.07, 6.45) is 1.67. The number of anilines is 1. The Labute approximate surface area is 252 Å². The Hall–Kier alpha value is -4.35. The molecular formula is C31H43N3O9. The Morgan fingerprint density at radius 3 is 2.30 bits per heavy atom.